The van der Waals surface area contributed by atoms with Gasteiger partial charge in [-0.25, -0.2) is 0 Å². The molecule has 1 unspecified atom stereocenters. The number of hydrogen-bond donors (Lipinski definition) is 1. The van der Waals surface area contributed by atoms with Gasteiger partial charge in [-0.1, -0.05) is 0 Å². The maximum absolute atomic E-state index is 5.88. The molecule has 1 fully saturated rings. The summed E-state index contributed by atoms with van der Waals surface area (Å²) in [6.45, 7) is 7.65. The summed E-state index contributed by atoms with van der Waals surface area (Å²) in [5.41, 5.74) is -0.225. The van der Waals surface area contributed by atoms with E-state index in [9.17, 15) is 0 Å². The second kappa shape index (κ2) is 5.16. The van der Waals surface area contributed by atoms with Gasteiger partial charge < -0.3 is 19.7 Å². The number of methoxy groups -OCH3 is 1. The lowest BCUT2D eigenvalue weighted by Gasteiger charge is -2.41. The number of anilines is 2. The van der Waals surface area contributed by atoms with E-state index in [0.29, 0.717) is 17.9 Å². The fourth-order valence-electron chi connectivity index (χ4n) is 2.30. The summed E-state index contributed by atoms with van der Waals surface area (Å²) in [4.78, 5) is 14.9. The van der Waals surface area contributed by atoms with Gasteiger partial charge >= 0.3 is 6.01 Å². The summed E-state index contributed by atoms with van der Waals surface area (Å²) in [5.74, 6) is 1.11. The number of aromatic nitrogens is 3. The van der Waals surface area contributed by atoms with Crippen LogP contribution in [0, 0.1) is 0 Å². The molecule has 2 rings (SSSR count). The summed E-state index contributed by atoms with van der Waals surface area (Å²) in [7, 11) is 3.31. The molecular weight excluding hydrogens is 246 g/mol. The average molecular weight is 267 g/mol. The van der Waals surface area contributed by atoms with Crippen molar-refractivity contribution in [1.29, 1.82) is 0 Å². The first kappa shape index (κ1) is 13.8. The summed E-state index contributed by atoms with van der Waals surface area (Å²) < 4.78 is 11.0. The number of morpholine rings is 1. The molecule has 0 radical (unpaired) electrons. The van der Waals surface area contributed by atoms with Crippen molar-refractivity contribution in [3.63, 3.8) is 0 Å². The normalized spacial score (nSPS) is 22.2. The zero-order valence-electron chi connectivity index (χ0n) is 12.1. The first-order chi connectivity index (χ1) is 8.93. The summed E-state index contributed by atoms with van der Waals surface area (Å²) >= 11 is 0. The highest BCUT2D eigenvalue weighted by Gasteiger charge is 2.33. The summed E-state index contributed by atoms with van der Waals surface area (Å²) in [6, 6.07) is 0.311. The van der Waals surface area contributed by atoms with Gasteiger partial charge in [-0.2, -0.15) is 15.0 Å². The molecule has 0 saturated carbocycles. The van der Waals surface area contributed by atoms with Crippen molar-refractivity contribution in [2.75, 3.05) is 37.5 Å². The van der Waals surface area contributed by atoms with Crippen molar-refractivity contribution in [2.45, 2.75) is 32.5 Å². The van der Waals surface area contributed by atoms with Gasteiger partial charge in [-0.15, -0.1) is 0 Å². The van der Waals surface area contributed by atoms with Gasteiger partial charge in [-0.3, -0.25) is 0 Å². The number of hydrogen-bond acceptors (Lipinski definition) is 7. The Labute approximate surface area is 113 Å². The van der Waals surface area contributed by atoms with E-state index in [1.165, 1.54) is 0 Å². The van der Waals surface area contributed by atoms with E-state index in [2.05, 4.69) is 39.0 Å². The molecule has 106 valence electrons. The lowest BCUT2D eigenvalue weighted by Crippen LogP contribution is -2.52. The van der Waals surface area contributed by atoms with Crippen LogP contribution in [0.4, 0.5) is 11.9 Å². The van der Waals surface area contributed by atoms with E-state index in [-0.39, 0.29) is 11.7 Å². The van der Waals surface area contributed by atoms with E-state index in [4.69, 9.17) is 9.47 Å². The fourth-order valence-corrected chi connectivity index (χ4v) is 2.30. The van der Waals surface area contributed by atoms with Crippen LogP contribution in [0.15, 0.2) is 0 Å². The van der Waals surface area contributed by atoms with Gasteiger partial charge in [0, 0.05) is 20.1 Å². The molecule has 0 amide bonds. The third kappa shape index (κ3) is 3.23. The molecule has 0 spiro atoms. The standard InChI is InChI=1S/C12H21N5O2/c1-8-6-17(7-12(2,3)19-8)10-14-9(13-4)15-11(16-10)18-5/h8H,6-7H2,1-5H3,(H,13,14,15,16). The minimum absolute atomic E-state index is 0.129. The maximum atomic E-state index is 5.88. The molecule has 1 aromatic rings. The third-order valence-electron chi connectivity index (χ3n) is 2.86. The second-order valence-electron chi connectivity index (χ2n) is 5.26. The average Bonchev–Trinajstić information content (AvgIpc) is 2.35. The van der Waals surface area contributed by atoms with Gasteiger partial charge in [0.15, 0.2) is 0 Å². The van der Waals surface area contributed by atoms with E-state index in [0.717, 1.165) is 13.1 Å². The first-order valence-corrected chi connectivity index (χ1v) is 6.34. The third-order valence-corrected chi connectivity index (χ3v) is 2.86. The molecular formula is C12H21N5O2. The van der Waals surface area contributed by atoms with Crippen LogP contribution in [0.25, 0.3) is 0 Å². The van der Waals surface area contributed by atoms with Crippen molar-refractivity contribution in [1.82, 2.24) is 15.0 Å². The SMILES string of the molecule is CNc1nc(OC)nc(N2CC(C)OC(C)(C)C2)n1. The highest BCUT2D eigenvalue weighted by Crippen LogP contribution is 2.25. The van der Waals surface area contributed by atoms with Crippen molar-refractivity contribution in [3.05, 3.63) is 0 Å². The summed E-state index contributed by atoms with van der Waals surface area (Å²) in [6.07, 6.45) is 0.129. The predicted octanol–water partition coefficient (Wildman–Crippen LogP) is 0.926. The zero-order valence-corrected chi connectivity index (χ0v) is 12.1. The molecule has 7 heteroatoms. The minimum Gasteiger partial charge on any atom is -0.467 e. The molecule has 0 bridgehead atoms. The van der Waals surface area contributed by atoms with Crippen molar-refractivity contribution in [3.8, 4) is 6.01 Å². The van der Waals surface area contributed by atoms with Crippen molar-refractivity contribution < 1.29 is 9.47 Å². The van der Waals surface area contributed by atoms with Crippen molar-refractivity contribution >= 4 is 11.9 Å². The Hall–Kier alpha value is -1.63. The smallest absolute Gasteiger partial charge is 0.322 e. The largest absolute Gasteiger partial charge is 0.467 e. The molecule has 19 heavy (non-hydrogen) atoms. The van der Waals surface area contributed by atoms with E-state index in [1.807, 2.05) is 6.92 Å². The molecule has 1 N–H and O–H groups in total. The maximum Gasteiger partial charge on any atom is 0.322 e. The Kier molecular flexibility index (Phi) is 3.75. The molecule has 1 saturated heterocycles. The lowest BCUT2D eigenvalue weighted by molar-refractivity contribution is -0.0754. The van der Waals surface area contributed by atoms with Crippen LogP contribution >= 0.6 is 0 Å². The van der Waals surface area contributed by atoms with E-state index < -0.39 is 0 Å². The highest BCUT2D eigenvalue weighted by atomic mass is 16.5. The van der Waals surface area contributed by atoms with Crippen LogP contribution in [0.5, 0.6) is 6.01 Å². The van der Waals surface area contributed by atoms with Crippen LogP contribution in [-0.4, -0.2) is 53.9 Å². The summed E-state index contributed by atoms with van der Waals surface area (Å²) in [5, 5.41) is 2.91. The Morgan fingerprint density at radius 3 is 2.68 bits per heavy atom. The van der Waals surface area contributed by atoms with Crippen LogP contribution in [0.2, 0.25) is 0 Å². The van der Waals surface area contributed by atoms with Gasteiger partial charge in [0.25, 0.3) is 0 Å². The number of nitrogens with one attached hydrogen (secondary N) is 1. The number of ether oxygens (including phenoxy) is 2. The van der Waals surface area contributed by atoms with Crippen LogP contribution in [-0.2, 0) is 4.74 Å². The minimum atomic E-state index is -0.225. The van der Waals surface area contributed by atoms with Gasteiger partial charge in [0.05, 0.1) is 18.8 Å². The molecule has 1 aromatic heterocycles. The van der Waals surface area contributed by atoms with Crippen LogP contribution in [0.3, 0.4) is 0 Å². The Morgan fingerprint density at radius 1 is 1.37 bits per heavy atom. The molecule has 0 aliphatic carbocycles. The van der Waals surface area contributed by atoms with Crippen molar-refractivity contribution in [2.24, 2.45) is 0 Å². The monoisotopic (exact) mass is 267 g/mol. The molecule has 1 aliphatic rings. The van der Waals surface area contributed by atoms with E-state index in [1.54, 1.807) is 14.2 Å². The van der Waals surface area contributed by atoms with Crippen LogP contribution < -0.4 is 15.0 Å². The first-order valence-electron chi connectivity index (χ1n) is 6.34. The lowest BCUT2D eigenvalue weighted by atomic mass is 10.1. The van der Waals surface area contributed by atoms with E-state index >= 15 is 0 Å². The Bertz CT molecular complexity index is 429. The predicted molar refractivity (Wildman–Crippen MR) is 72.8 cm³/mol. The quantitative estimate of drug-likeness (QED) is 0.873. The molecule has 7 nitrogen and oxygen atoms in total. The second-order valence-corrected chi connectivity index (χ2v) is 5.26. The Balaban J connectivity index is 2.29. The molecule has 1 aliphatic heterocycles. The van der Waals surface area contributed by atoms with Crippen LogP contribution in [0.1, 0.15) is 20.8 Å². The number of nitrogens with zero attached hydrogens (tertiary/aromatic N) is 4. The fraction of sp³-hybridized carbons (Fsp3) is 0.750. The topological polar surface area (TPSA) is 72.4 Å². The Morgan fingerprint density at radius 2 is 2.11 bits per heavy atom. The molecule has 1 atom stereocenters. The van der Waals surface area contributed by atoms with Gasteiger partial charge in [-0.05, 0) is 20.8 Å². The zero-order chi connectivity index (χ0) is 14.0. The molecule has 2 heterocycles. The van der Waals surface area contributed by atoms with Gasteiger partial charge in [0.2, 0.25) is 11.9 Å². The number of rotatable bonds is 3. The highest BCUT2D eigenvalue weighted by molar-refractivity contribution is 5.39. The van der Waals surface area contributed by atoms with Gasteiger partial charge in [0.1, 0.15) is 0 Å². The molecule has 0 aromatic carbocycles.